The maximum absolute atomic E-state index is 9.42. The second-order valence-corrected chi connectivity index (χ2v) is 11.6. The Hall–Kier alpha value is -4.72. The standard InChI is InChI=1S/C43H40O/c44-33-13-2-1-12-32-43(40-26-20-37(21-27-40)34-14-6-3-7-15-34,41-28-22-38(23-29-41)35-16-8-4-9-17-35)42-30-24-39(25-31-42)36-18-10-5-11-19-36/h3-11,14-31,44H,1-2,12-13,32-33H2. The highest BCUT2D eigenvalue weighted by Gasteiger charge is 2.36. The van der Waals surface area contributed by atoms with Crippen LogP contribution in [0.1, 0.15) is 48.8 Å². The first-order valence-electron chi connectivity index (χ1n) is 15.9. The molecule has 0 saturated carbocycles. The molecular formula is C43H40O. The summed E-state index contributed by atoms with van der Waals surface area (Å²) < 4.78 is 0. The monoisotopic (exact) mass is 572 g/mol. The van der Waals surface area contributed by atoms with E-state index in [0.717, 1.165) is 32.1 Å². The molecule has 44 heavy (non-hydrogen) atoms. The lowest BCUT2D eigenvalue weighted by molar-refractivity contribution is 0.282. The van der Waals surface area contributed by atoms with E-state index in [1.54, 1.807) is 0 Å². The number of hydrogen-bond acceptors (Lipinski definition) is 1. The van der Waals surface area contributed by atoms with Gasteiger partial charge in [-0.15, -0.1) is 0 Å². The molecule has 0 aliphatic heterocycles. The van der Waals surface area contributed by atoms with E-state index < -0.39 is 0 Å². The van der Waals surface area contributed by atoms with Gasteiger partial charge in [0.25, 0.3) is 0 Å². The molecule has 0 aliphatic carbocycles. The van der Waals surface area contributed by atoms with Crippen LogP contribution in [-0.2, 0) is 5.41 Å². The quantitative estimate of drug-likeness (QED) is 0.114. The van der Waals surface area contributed by atoms with Gasteiger partial charge in [0.2, 0.25) is 0 Å². The lowest BCUT2D eigenvalue weighted by atomic mass is 9.66. The summed E-state index contributed by atoms with van der Waals surface area (Å²) in [6.07, 6.45) is 5.05. The molecule has 6 aromatic rings. The SMILES string of the molecule is OCCCCCCC(c1ccc(-c2ccccc2)cc1)(c1ccc(-c2ccccc2)cc1)c1ccc(-c2ccccc2)cc1. The minimum atomic E-state index is -0.321. The van der Waals surface area contributed by atoms with Crippen molar-refractivity contribution in [3.63, 3.8) is 0 Å². The van der Waals surface area contributed by atoms with E-state index >= 15 is 0 Å². The summed E-state index contributed by atoms with van der Waals surface area (Å²) >= 11 is 0. The molecule has 0 aromatic heterocycles. The van der Waals surface area contributed by atoms with Gasteiger partial charge >= 0.3 is 0 Å². The Morgan fingerprint density at radius 2 is 0.614 bits per heavy atom. The normalized spacial score (nSPS) is 11.4. The summed E-state index contributed by atoms with van der Waals surface area (Å²) in [5.41, 5.74) is 11.0. The summed E-state index contributed by atoms with van der Waals surface area (Å²) in [4.78, 5) is 0. The fourth-order valence-electron chi connectivity index (χ4n) is 6.52. The molecule has 218 valence electrons. The summed E-state index contributed by atoms with van der Waals surface area (Å²) in [6, 6.07) is 59.6. The maximum Gasteiger partial charge on any atom is 0.0451 e. The lowest BCUT2D eigenvalue weighted by Gasteiger charge is -2.37. The summed E-state index contributed by atoms with van der Waals surface area (Å²) in [7, 11) is 0. The van der Waals surface area contributed by atoms with Crippen molar-refractivity contribution in [2.75, 3.05) is 6.61 Å². The predicted molar refractivity (Wildman–Crippen MR) is 186 cm³/mol. The van der Waals surface area contributed by atoms with Crippen LogP contribution in [0.25, 0.3) is 33.4 Å². The van der Waals surface area contributed by atoms with Crippen LogP contribution in [0.5, 0.6) is 0 Å². The molecular weight excluding hydrogens is 532 g/mol. The Bertz CT molecular complexity index is 1500. The maximum atomic E-state index is 9.42. The molecule has 6 aromatic carbocycles. The summed E-state index contributed by atoms with van der Waals surface area (Å²) in [5.74, 6) is 0. The molecule has 6 rings (SSSR count). The zero-order valence-corrected chi connectivity index (χ0v) is 25.3. The minimum absolute atomic E-state index is 0.258. The van der Waals surface area contributed by atoms with Gasteiger partial charge in [0.15, 0.2) is 0 Å². The van der Waals surface area contributed by atoms with Gasteiger partial charge in [0, 0.05) is 12.0 Å². The van der Waals surface area contributed by atoms with Crippen molar-refractivity contribution in [1.29, 1.82) is 0 Å². The van der Waals surface area contributed by atoms with Crippen molar-refractivity contribution in [2.45, 2.75) is 37.5 Å². The Kier molecular flexibility index (Phi) is 9.45. The topological polar surface area (TPSA) is 20.2 Å². The summed E-state index contributed by atoms with van der Waals surface area (Å²) in [6.45, 7) is 0.258. The third-order valence-electron chi connectivity index (χ3n) is 8.91. The van der Waals surface area contributed by atoms with E-state index in [2.05, 4.69) is 164 Å². The molecule has 0 unspecified atom stereocenters. The van der Waals surface area contributed by atoms with Crippen LogP contribution in [0.15, 0.2) is 164 Å². The molecule has 0 amide bonds. The molecule has 0 atom stereocenters. The van der Waals surface area contributed by atoms with E-state index in [1.165, 1.54) is 50.1 Å². The highest BCUT2D eigenvalue weighted by molar-refractivity contribution is 5.68. The van der Waals surface area contributed by atoms with Gasteiger partial charge < -0.3 is 5.11 Å². The van der Waals surface area contributed by atoms with Crippen LogP contribution in [-0.4, -0.2) is 11.7 Å². The van der Waals surface area contributed by atoms with E-state index in [9.17, 15) is 5.11 Å². The molecule has 1 nitrogen and oxygen atoms in total. The van der Waals surface area contributed by atoms with Crippen molar-refractivity contribution >= 4 is 0 Å². The number of aliphatic hydroxyl groups is 1. The number of hydrogen-bond donors (Lipinski definition) is 1. The fraction of sp³-hybridized carbons (Fsp3) is 0.163. The second-order valence-electron chi connectivity index (χ2n) is 11.6. The van der Waals surface area contributed by atoms with Crippen molar-refractivity contribution in [1.82, 2.24) is 0 Å². The van der Waals surface area contributed by atoms with Crippen LogP contribution < -0.4 is 0 Å². The smallest absolute Gasteiger partial charge is 0.0451 e. The Morgan fingerprint density at radius 1 is 0.318 bits per heavy atom. The predicted octanol–water partition coefficient (Wildman–Crippen LogP) is 11.0. The van der Waals surface area contributed by atoms with E-state index in [1.807, 2.05) is 0 Å². The van der Waals surface area contributed by atoms with Gasteiger partial charge in [0.1, 0.15) is 0 Å². The van der Waals surface area contributed by atoms with Gasteiger partial charge in [-0.1, -0.05) is 183 Å². The minimum Gasteiger partial charge on any atom is -0.396 e. The van der Waals surface area contributed by atoms with Crippen LogP contribution >= 0.6 is 0 Å². The molecule has 0 bridgehead atoms. The molecule has 0 saturated heterocycles. The lowest BCUT2D eigenvalue weighted by Crippen LogP contribution is -2.29. The zero-order valence-electron chi connectivity index (χ0n) is 25.3. The third-order valence-corrected chi connectivity index (χ3v) is 8.91. The molecule has 0 heterocycles. The van der Waals surface area contributed by atoms with Gasteiger partial charge in [-0.05, 0) is 62.9 Å². The average Bonchev–Trinajstić information content (AvgIpc) is 3.11. The van der Waals surface area contributed by atoms with Crippen molar-refractivity contribution in [3.05, 3.63) is 180 Å². The average molecular weight is 573 g/mol. The first kappa shape index (κ1) is 29.4. The van der Waals surface area contributed by atoms with Gasteiger partial charge in [-0.3, -0.25) is 0 Å². The zero-order chi connectivity index (χ0) is 30.0. The van der Waals surface area contributed by atoms with Crippen molar-refractivity contribution in [3.8, 4) is 33.4 Å². The van der Waals surface area contributed by atoms with Gasteiger partial charge in [-0.2, -0.15) is 0 Å². The number of rotatable bonds is 12. The van der Waals surface area contributed by atoms with Crippen LogP contribution in [0.4, 0.5) is 0 Å². The van der Waals surface area contributed by atoms with Crippen molar-refractivity contribution in [2.24, 2.45) is 0 Å². The molecule has 0 radical (unpaired) electrons. The third kappa shape index (κ3) is 6.44. The first-order valence-corrected chi connectivity index (χ1v) is 15.9. The summed E-state index contributed by atoms with van der Waals surface area (Å²) in [5, 5.41) is 9.42. The Morgan fingerprint density at radius 3 is 0.932 bits per heavy atom. The van der Waals surface area contributed by atoms with Gasteiger partial charge in [-0.25, -0.2) is 0 Å². The van der Waals surface area contributed by atoms with E-state index in [4.69, 9.17) is 0 Å². The first-order chi connectivity index (χ1) is 21.8. The van der Waals surface area contributed by atoms with Gasteiger partial charge in [0.05, 0.1) is 0 Å². The Labute approximate surface area is 262 Å². The van der Waals surface area contributed by atoms with Crippen LogP contribution in [0, 0.1) is 0 Å². The Balaban J connectivity index is 1.47. The fourth-order valence-corrected chi connectivity index (χ4v) is 6.52. The molecule has 0 fully saturated rings. The number of benzene rings is 6. The highest BCUT2D eigenvalue weighted by atomic mass is 16.2. The van der Waals surface area contributed by atoms with E-state index in [0.29, 0.717) is 0 Å². The second kappa shape index (κ2) is 14.2. The number of aliphatic hydroxyl groups excluding tert-OH is 1. The molecule has 0 spiro atoms. The van der Waals surface area contributed by atoms with E-state index in [-0.39, 0.29) is 12.0 Å². The van der Waals surface area contributed by atoms with Crippen LogP contribution in [0.2, 0.25) is 0 Å². The molecule has 1 heteroatoms. The molecule has 0 aliphatic rings. The highest BCUT2D eigenvalue weighted by Crippen LogP contribution is 2.45. The van der Waals surface area contributed by atoms with Crippen LogP contribution in [0.3, 0.4) is 0 Å². The largest absolute Gasteiger partial charge is 0.396 e. The molecule has 1 N–H and O–H groups in total. The van der Waals surface area contributed by atoms with Crippen molar-refractivity contribution < 1.29 is 5.11 Å². The number of unbranched alkanes of at least 4 members (excludes halogenated alkanes) is 3.